The van der Waals surface area contributed by atoms with E-state index in [9.17, 15) is 4.79 Å². The Morgan fingerprint density at radius 1 is 1.12 bits per heavy atom. The summed E-state index contributed by atoms with van der Waals surface area (Å²) in [4.78, 5) is 11.9. The third-order valence-corrected chi connectivity index (χ3v) is 3.07. The lowest BCUT2D eigenvalue weighted by atomic mass is 9.94. The van der Waals surface area contributed by atoms with Crippen LogP contribution in [0.15, 0.2) is 0 Å². The molecule has 3 nitrogen and oxygen atoms in total. The van der Waals surface area contributed by atoms with Crippen molar-refractivity contribution in [3.63, 3.8) is 0 Å². The lowest BCUT2D eigenvalue weighted by Gasteiger charge is -2.28. The number of ether oxygens (including phenoxy) is 1. The minimum Gasteiger partial charge on any atom is -0.465 e. The molecule has 0 aromatic rings. The Balaban J connectivity index is 4.07. The van der Waals surface area contributed by atoms with Crippen LogP contribution in [0.1, 0.15) is 66.2 Å². The quantitative estimate of drug-likeness (QED) is 0.473. The van der Waals surface area contributed by atoms with Crippen molar-refractivity contribution in [1.29, 1.82) is 0 Å². The van der Waals surface area contributed by atoms with Gasteiger partial charge in [0.15, 0.2) is 0 Å². The van der Waals surface area contributed by atoms with Crippen LogP contribution in [0.5, 0.6) is 0 Å². The molecular weight excluding hydrogens is 214 g/mol. The molecule has 3 heteroatoms. The van der Waals surface area contributed by atoms with Crippen LogP contribution in [0.25, 0.3) is 0 Å². The first kappa shape index (κ1) is 16.4. The zero-order chi connectivity index (χ0) is 13.1. The summed E-state index contributed by atoms with van der Waals surface area (Å²) in [6.07, 6.45) is 6.96. The van der Waals surface area contributed by atoms with Crippen molar-refractivity contribution >= 4 is 5.97 Å². The summed E-state index contributed by atoms with van der Waals surface area (Å²) >= 11 is 0. The average molecular weight is 243 g/mol. The molecule has 0 aliphatic rings. The van der Waals surface area contributed by atoms with E-state index >= 15 is 0 Å². The fourth-order valence-corrected chi connectivity index (χ4v) is 2.03. The van der Waals surface area contributed by atoms with E-state index in [1.165, 1.54) is 25.7 Å². The summed E-state index contributed by atoms with van der Waals surface area (Å²) < 4.78 is 5.14. The topological polar surface area (TPSA) is 38.3 Å². The number of unbranched alkanes of at least 4 members (excludes halogenated alkanes) is 4. The second-order valence-corrected chi connectivity index (χ2v) is 4.75. The minimum absolute atomic E-state index is 0.114. The lowest BCUT2D eigenvalue weighted by Crippen LogP contribution is -2.50. The van der Waals surface area contributed by atoms with Crippen LogP contribution in [-0.2, 0) is 9.53 Å². The zero-order valence-electron chi connectivity index (χ0n) is 12.0. The Labute approximate surface area is 106 Å². The molecule has 0 aliphatic heterocycles. The van der Waals surface area contributed by atoms with Crippen LogP contribution < -0.4 is 5.32 Å². The van der Waals surface area contributed by atoms with Gasteiger partial charge < -0.3 is 10.1 Å². The monoisotopic (exact) mass is 243 g/mol. The van der Waals surface area contributed by atoms with Gasteiger partial charge in [0, 0.05) is 0 Å². The smallest absolute Gasteiger partial charge is 0.326 e. The molecule has 0 rings (SSSR count). The first-order chi connectivity index (χ1) is 8.10. The zero-order valence-corrected chi connectivity index (χ0v) is 12.0. The molecule has 0 radical (unpaired) electrons. The molecule has 0 heterocycles. The summed E-state index contributed by atoms with van der Waals surface area (Å²) in [7, 11) is 0. The number of esters is 1. The maximum atomic E-state index is 11.9. The maximum absolute atomic E-state index is 11.9. The first-order valence-electron chi connectivity index (χ1n) is 7.03. The van der Waals surface area contributed by atoms with Crippen LogP contribution in [0.2, 0.25) is 0 Å². The molecule has 0 aromatic heterocycles. The van der Waals surface area contributed by atoms with E-state index in [1.54, 1.807) is 0 Å². The average Bonchev–Trinajstić information content (AvgIpc) is 2.29. The van der Waals surface area contributed by atoms with Crippen molar-refractivity contribution < 1.29 is 9.53 Å². The molecule has 1 N–H and O–H groups in total. The molecule has 1 atom stereocenters. The van der Waals surface area contributed by atoms with Gasteiger partial charge >= 0.3 is 5.97 Å². The van der Waals surface area contributed by atoms with Gasteiger partial charge in [-0.1, -0.05) is 46.0 Å². The fourth-order valence-electron chi connectivity index (χ4n) is 2.03. The largest absolute Gasteiger partial charge is 0.465 e. The summed E-state index contributed by atoms with van der Waals surface area (Å²) in [6, 6.07) is 0. The van der Waals surface area contributed by atoms with Crippen LogP contribution in [-0.4, -0.2) is 24.7 Å². The molecule has 1 unspecified atom stereocenters. The molecule has 0 amide bonds. The number of rotatable bonds is 10. The predicted molar refractivity (Wildman–Crippen MR) is 72.1 cm³/mol. The van der Waals surface area contributed by atoms with Crippen molar-refractivity contribution in [2.75, 3.05) is 13.2 Å². The normalized spacial score (nSPS) is 14.4. The number of carbonyl (C=O) groups is 1. The highest BCUT2D eigenvalue weighted by molar-refractivity contribution is 5.80. The predicted octanol–water partition coefficient (Wildman–Crippen LogP) is 3.28. The number of likely N-dealkylation sites (N-methyl/N-ethyl adjacent to an activating group) is 1. The molecule has 17 heavy (non-hydrogen) atoms. The summed E-state index contributed by atoms with van der Waals surface area (Å²) in [5.74, 6) is -0.114. The third-order valence-electron chi connectivity index (χ3n) is 3.07. The highest BCUT2D eigenvalue weighted by atomic mass is 16.5. The number of hydrogen-bond acceptors (Lipinski definition) is 3. The van der Waals surface area contributed by atoms with Gasteiger partial charge in [0.25, 0.3) is 0 Å². The Hall–Kier alpha value is -0.570. The molecule has 102 valence electrons. The Bertz CT molecular complexity index is 206. The van der Waals surface area contributed by atoms with Gasteiger partial charge in [0.2, 0.25) is 0 Å². The van der Waals surface area contributed by atoms with Crippen molar-refractivity contribution in [2.24, 2.45) is 0 Å². The van der Waals surface area contributed by atoms with Gasteiger partial charge in [-0.25, -0.2) is 0 Å². The lowest BCUT2D eigenvalue weighted by molar-refractivity contribution is -0.150. The second-order valence-electron chi connectivity index (χ2n) is 4.75. The van der Waals surface area contributed by atoms with Crippen LogP contribution in [0, 0.1) is 0 Å². The van der Waals surface area contributed by atoms with Crippen molar-refractivity contribution in [1.82, 2.24) is 5.32 Å². The fraction of sp³-hybridized carbons (Fsp3) is 0.929. The SMILES string of the molecule is CCCCCCCC(C)(NCC)C(=O)OCC. The molecule has 0 spiro atoms. The summed E-state index contributed by atoms with van der Waals surface area (Å²) in [5, 5.41) is 3.26. The number of carbonyl (C=O) groups excluding carboxylic acids is 1. The van der Waals surface area contributed by atoms with E-state index in [-0.39, 0.29) is 5.97 Å². The standard InChI is InChI=1S/C14H29NO2/c1-5-8-9-10-11-12-14(4,15-6-2)13(16)17-7-3/h15H,5-12H2,1-4H3. The Kier molecular flexibility index (Phi) is 9.14. The van der Waals surface area contributed by atoms with E-state index in [0.29, 0.717) is 6.61 Å². The van der Waals surface area contributed by atoms with Crippen LogP contribution in [0.4, 0.5) is 0 Å². The van der Waals surface area contributed by atoms with E-state index < -0.39 is 5.54 Å². The van der Waals surface area contributed by atoms with E-state index in [0.717, 1.165) is 19.4 Å². The molecule has 0 aliphatic carbocycles. The third kappa shape index (κ3) is 6.67. The van der Waals surface area contributed by atoms with E-state index in [4.69, 9.17) is 4.74 Å². The van der Waals surface area contributed by atoms with Crippen LogP contribution in [0.3, 0.4) is 0 Å². The number of nitrogens with one attached hydrogen (secondary N) is 1. The first-order valence-corrected chi connectivity index (χ1v) is 7.03. The highest BCUT2D eigenvalue weighted by Gasteiger charge is 2.32. The van der Waals surface area contributed by atoms with E-state index in [2.05, 4.69) is 12.2 Å². The molecule has 0 bridgehead atoms. The Morgan fingerprint density at radius 3 is 2.29 bits per heavy atom. The van der Waals surface area contributed by atoms with Gasteiger partial charge in [-0.3, -0.25) is 4.79 Å². The van der Waals surface area contributed by atoms with Crippen LogP contribution >= 0.6 is 0 Å². The van der Waals surface area contributed by atoms with Gasteiger partial charge in [0.1, 0.15) is 5.54 Å². The summed E-state index contributed by atoms with van der Waals surface area (Å²) in [5.41, 5.74) is -0.503. The number of hydrogen-bond donors (Lipinski definition) is 1. The maximum Gasteiger partial charge on any atom is 0.326 e. The van der Waals surface area contributed by atoms with Gasteiger partial charge in [0.05, 0.1) is 6.61 Å². The molecule has 0 saturated carbocycles. The van der Waals surface area contributed by atoms with Gasteiger partial charge in [-0.05, 0) is 26.8 Å². The van der Waals surface area contributed by atoms with Crippen molar-refractivity contribution in [2.45, 2.75) is 71.8 Å². The van der Waals surface area contributed by atoms with Gasteiger partial charge in [-0.2, -0.15) is 0 Å². The second kappa shape index (κ2) is 9.46. The molecule has 0 aromatic carbocycles. The molecular formula is C14H29NO2. The molecule has 0 fully saturated rings. The minimum atomic E-state index is -0.503. The van der Waals surface area contributed by atoms with E-state index in [1.807, 2.05) is 20.8 Å². The summed E-state index contributed by atoms with van der Waals surface area (Å²) in [6.45, 7) is 9.29. The Morgan fingerprint density at radius 2 is 1.76 bits per heavy atom. The van der Waals surface area contributed by atoms with Crippen molar-refractivity contribution in [3.8, 4) is 0 Å². The van der Waals surface area contributed by atoms with Gasteiger partial charge in [-0.15, -0.1) is 0 Å². The van der Waals surface area contributed by atoms with Crippen molar-refractivity contribution in [3.05, 3.63) is 0 Å². The highest BCUT2D eigenvalue weighted by Crippen LogP contribution is 2.17. The molecule has 0 saturated heterocycles.